The third kappa shape index (κ3) is 7.89. The van der Waals surface area contributed by atoms with Crippen LogP contribution >= 0.6 is 11.6 Å². The molecule has 0 aliphatic carbocycles. The Morgan fingerprint density at radius 3 is 2.55 bits per heavy atom. The molecular formula is C18H20ClFNW-. The van der Waals surface area contributed by atoms with Crippen LogP contribution < -0.4 is 5.32 Å². The Balaban J connectivity index is 0.000000385. The van der Waals surface area contributed by atoms with Crippen molar-refractivity contribution in [2.45, 2.75) is 13.3 Å². The molecule has 0 heterocycles. The first-order valence-corrected chi connectivity index (χ1v) is 7.06. The van der Waals surface area contributed by atoms with E-state index in [0.29, 0.717) is 0 Å². The summed E-state index contributed by atoms with van der Waals surface area (Å²) < 4.78 is 12.5. The average Bonchev–Trinajstić information content (AvgIpc) is 2.49. The molecule has 1 nitrogen and oxygen atoms in total. The average molecular weight is 489 g/mol. The number of hydrogen-bond donors (Lipinski definition) is 1. The van der Waals surface area contributed by atoms with Crippen LogP contribution in [0.1, 0.15) is 16.7 Å². The number of rotatable bonds is 4. The van der Waals surface area contributed by atoms with Crippen molar-refractivity contribution in [2.24, 2.45) is 0 Å². The van der Waals surface area contributed by atoms with Crippen LogP contribution in [0.4, 0.5) is 4.39 Å². The van der Waals surface area contributed by atoms with E-state index in [1.54, 1.807) is 12.1 Å². The second kappa shape index (κ2) is 11.6. The van der Waals surface area contributed by atoms with Crippen LogP contribution in [0, 0.1) is 19.3 Å². The minimum absolute atomic E-state index is 0. The minimum atomic E-state index is -0.396. The Hall–Kier alpha value is -0.952. The van der Waals surface area contributed by atoms with Crippen LogP contribution in [0.2, 0.25) is 5.02 Å². The molecule has 0 saturated carbocycles. The number of halogens is 2. The SMILES string of the molecule is C=Cc1ccc(F)c(Cl)c1.CN[CH-]Cc1cccc(C)c1.[W]. The fourth-order valence-corrected chi connectivity index (χ4v) is 1.89. The second-order valence-electron chi connectivity index (χ2n) is 4.56. The summed E-state index contributed by atoms with van der Waals surface area (Å²) in [6, 6.07) is 13.0. The Morgan fingerprint density at radius 2 is 2.00 bits per heavy atom. The van der Waals surface area contributed by atoms with Crippen molar-refractivity contribution >= 4 is 17.7 Å². The monoisotopic (exact) mass is 488 g/mol. The fraction of sp³-hybridized carbons (Fsp3) is 0.167. The van der Waals surface area contributed by atoms with Gasteiger partial charge in [0.15, 0.2) is 0 Å². The molecule has 0 atom stereocenters. The normalized spacial score (nSPS) is 9.27. The van der Waals surface area contributed by atoms with Crippen LogP contribution in [-0.2, 0) is 27.5 Å². The molecule has 0 aromatic heterocycles. The van der Waals surface area contributed by atoms with Crippen LogP contribution in [0.15, 0.2) is 49.0 Å². The molecule has 2 aromatic rings. The van der Waals surface area contributed by atoms with Gasteiger partial charge in [0.25, 0.3) is 0 Å². The van der Waals surface area contributed by atoms with Gasteiger partial charge in [-0.2, -0.15) is 0 Å². The van der Waals surface area contributed by atoms with Gasteiger partial charge in [0.2, 0.25) is 0 Å². The Kier molecular flexibility index (Phi) is 11.1. The van der Waals surface area contributed by atoms with Crippen molar-refractivity contribution < 1.29 is 25.5 Å². The topological polar surface area (TPSA) is 12.0 Å². The van der Waals surface area contributed by atoms with E-state index in [-0.39, 0.29) is 26.1 Å². The predicted molar refractivity (Wildman–Crippen MR) is 89.7 cm³/mol. The number of benzene rings is 2. The third-order valence-corrected chi connectivity index (χ3v) is 3.09. The maximum absolute atomic E-state index is 12.5. The summed E-state index contributed by atoms with van der Waals surface area (Å²) >= 11 is 5.47. The number of nitrogens with one attached hydrogen (secondary N) is 1. The Bertz CT molecular complexity index is 587. The van der Waals surface area contributed by atoms with Crippen LogP contribution in [0.5, 0.6) is 0 Å². The van der Waals surface area contributed by atoms with Crippen LogP contribution in [-0.4, -0.2) is 7.05 Å². The first-order valence-electron chi connectivity index (χ1n) is 6.68. The van der Waals surface area contributed by atoms with E-state index in [9.17, 15) is 4.39 Å². The summed E-state index contributed by atoms with van der Waals surface area (Å²) in [4.78, 5) is 0. The molecule has 118 valence electrons. The zero-order chi connectivity index (χ0) is 15.7. The molecule has 0 fully saturated rings. The standard InChI is InChI=1S/C10H14N.C8H6ClF.W/c1-9-4-3-5-10(8-9)6-7-11-2;1-2-6-3-4-8(10)7(9)5-6;/h3-5,7-8,11H,6H2,1-2H3;2-5H,1H2;/q-1;;. The maximum Gasteiger partial charge on any atom is 0.141 e. The Labute approximate surface area is 151 Å². The molecule has 0 spiro atoms. The number of aryl methyl sites for hydroxylation is 1. The third-order valence-electron chi connectivity index (χ3n) is 2.80. The van der Waals surface area contributed by atoms with Gasteiger partial charge in [0.05, 0.1) is 5.02 Å². The second-order valence-corrected chi connectivity index (χ2v) is 4.97. The van der Waals surface area contributed by atoms with E-state index in [0.717, 1.165) is 12.0 Å². The van der Waals surface area contributed by atoms with Crippen molar-refractivity contribution in [1.82, 2.24) is 5.32 Å². The molecule has 4 heteroatoms. The van der Waals surface area contributed by atoms with E-state index >= 15 is 0 Å². The van der Waals surface area contributed by atoms with E-state index in [1.807, 2.05) is 7.05 Å². The van der Waals surface area contributed by atoms with Crippen molar-refractivity contribution in [3.8, 4) is 0 Å². The molecule has 22 heavy (non-hydrogen) atoms. The van der Waals surface area contributed by atoms with Crippen molar-refractivity contribution in [3.63, 3.8) is 0 Å². The van der Waals surface area contributed by atoms with Crippen LogP contribution in [0.25, 0.3) is 6.08 Å². The van der Waals surface area contributed by atoms with Gasteiger partial charge in [-0.1, -0.05) is 65.7 Å². The maximum atomic E-state index is 12.5. The molecular weight excluding hydrogens is 468 g/mol. The van der Waals surface area contributed by atoms with Gasteiger partial charge < -0.3 is 5.32 Å². The molecule has 0 unspecified atom stereocenters. The molecule has 0 aliphatic rings. The van der Waals surface area contributed by atoms with Crippen molar-refractivity contribution in [3.05, 3.63) is 83.1 Å². The number of hydrogen-bond acceptors (Lipinski definition) is 1. The predicted octanol–water partition coefficient (Wildman–Crippen LogP) is 5.04. The summed E-state index contributed by atoms with van der Waals surface area (Å²) in [5, 5.41) is 3.15. The van der Waals surface area contributed by atoms with Gasteiger partial charge in [-0.25, -0.2) is 4.39 Å². The molecule has 0 aliphatic heterocycles. The summed E-state index contributed by atoms with van der Waals surface area (Å²) in [7, 11) is 1.93. The van der Waals surface area contributed by atoms with Gasteiger partial charge in [-0.05, 0) is 31.7 Å². The largest absolute Gasteiger partial charge is 0.472 e. The first-order chi connectivity index (χ1) is 10.1. The molecule has 1 N–H and O–H groups in total. The first kappa shape index (κ1) is 21.0. The van der Waals surface area contributed by atoms with Gasteiger partial charge in [-0.3, -0.25) is 6.54 Å². The fourth-order valence-electron chi connectivity index (χ4n) is 1.70. The van der Waals surface area contributed by atoms with Gasteiger partial charge in [0.1, 0.15) is 5.82 Å². The molecule has 0 bridgehead atoms. The van der Waals surface area contributed by atoms with E-state index in [1.165, 1.54) is 23.3 Å². The summed E-state index contributed by atoms with van der Waals surface area (Å²) in [6.07, 6.45) is 2.61. The number of likely N-dealkylation sites (N-methyl/N-ethyl adjacent to an activating group) is 1. The Morgan fingerprint density at radius 1 is 1.27 bits per heavy atom. The zero-order valence-electron chi connectivity index (χ0n) is 12.8. The zero-order valence-corrected chi connectivity index (χ0v) is 16.5. The smallest absolute Gasteiger partial charge is 0.141 e. The van der Waals surface area contributed by atoms with E-state index in [2.05, 4.69) is 49.6 Å². The van der Waals surface area contributed by atoms with Gasteiger partial charge >= 0.3 is 0 Å². The molecule has 2 rings (SSSR count). The van der Waals surface area contributed by atoms with E-state index < -0.39 is 5.82 Å². The van der Waals surface area contributed by atoms with Gasteiger partial charge in [-0.15, -0.1) is 6.42 Å². The summed E-state index contributed by atoms with van der Waals surface area (Å²) in [6.45, 7) is 7.68. The van der Waals surface area contributed by atoms with Crippen molar-refractivity contribution in [2.75, 3.05) is 7.05 Å². The van der Waals surface area contributed by atoms with Crippen molar-refractivity contribution in [1.29, 1.82) is 0 Å². The molecule has 0 saturated heterocycles. The molecule has 0 amide bonds. The van der Waals surface area contributed by atoms with E-state index in [4.69, 9.17) is 11.6 Å². The summed E-state index contributed by atoms with van der Waals surface area (Å²) in [5.74, 6) is -0.396. The summed E-state index contributed by atoms with van der Waals surface area (Å²) in [5.41, 5.74) is 3.51. The minimum Gasteiger partial charge on any atom is -0.472 e. The molecule has 2 aromatic carbocycles. The quantitative estimate of drug-likeness (QED) is 0.595. The van der Waals surface area contributed by atoms with Crippen LogP contribution in [0.3, 0.4) is 0 Å². The molecule has 0 radical (unpaired) electrons. The van der Waals surface area contributed by atoms with Gasteiger partial charge in [0, 0.05) is 21.1 Å².